The second-order valence-electron chi connectivity index (χ2n) is 5.85. The summed E-state index contributed by atoms with van der Waals surface area (Å²) >= 11 is 0. The van der Waals surface area contributed by atoms with Crippen molar-refractivity contribution in [1.82, 2.24) is 0 Å². The van der Waals surface area contributed by atoms with Gasteiger partial charge in [0.1, 0.15) is 24.4 Å². The van der Waals surface area contributed by atoms with Crippen molar-refractivity contribution in [1.29, 1.82) is 0 Å². The number of aliphatic imine (C=N–C) groups is 1. The van der Waals surface area contributed by atoms with Gasteiger partial charge in [-0.25, -0.2) is 4.57 Å². The molecule has 1 saturated heterocycles. The van der Waals surface area contributed by atoms with Crippen LogP contribution in [0.25, 0.3) is 5.57 Å². The summed E-state index contributed by atoms with van der Waals surface area (Å²) in [6, 6.07) is 2.36. The number of nitrogens with zero attached hydrogens (tertiary/aromatic N) is 1. The molecule has 0 saturated carbocycles. The second-order valence-corrected chi connectivity index (χ2v) is 7.21. The number of aliphatic hydroxyl groups is 1. The van der Waals surface area contributed by atoms with E-state index in [2.05, 4.69) is 4.99 Å². The van der Waals surface area contributed by atoms with E-state index in [1.165, 1.54) is 6.08 Å². The molecule has 5 atom stereocenters. The van der Waals surface area contributed by atoms with Crippen molar-refractivity contribution in [3.05, 3.63) is 29.3 Å². The Kier molecular flexibility index (Phi) is 4.44. The Morgan fingerprint density at radius 2 is 1.80 bits per heavy atom. The van der Waals surface area contributed by atoms with Crippen molar-refractivity contribution in [3.63, 3.8) is 0 Å². The van der Waals surface area contributed by atoms with Gasteiger partial charge in [-0.2, -0.15) is 0 Å². The maximum Gasteiger partial charge on any atom is 1.00 e. The molecule has 0 bridgehead atoms. The van der Waals surface area contributed by atoms with Gasteiger partial charge in [0.2, 0.25) is 6.79 Å². The van der Waals surface area contributed by atoms with Crippen LogP contribution in [0.1, 0.15) is 11.1 Å². The number of phosphoric acid groups is 1. The van der Waals surface area contributed by atoms with E-state index in [0.29, 0.717) is 28.2 Å². The molecule has 25 heavy (non-hydrogen) atoms. The minimum Gasteiger partial charge on any atom is -0.858 e. The van der Waals surface area contributed by atoms with Gasteiger partial charge in [-0.15, -0.1) is 0 Å². The van der Waals surface area contributed by atoms with E-state index >= 15 is 0 Å². The van der Waals surface area contributed by atoms with E-state index in [0.717, 1.165) is 0 Å². The van der Waals surface area contributed by atoms with E-state index in [4.69, 9.17) is 18.5 Å². The SMILES string of the molecule is O=P1(O)O[C@@H]2[C@H](O1)[C@@H](O)C=C1c3cc4c(cc3C([O-])=N[C@H]12)OCO4.[K+]. The number of rotatable bonds is 0. The van der Waals surface area contributed by atoms with Crippen LogP contribution in [0.15, 0.2) is 23.2 Å². The normalized spacial score (nSPS) is 37.2. The first-order valence-corrected chi connectivity index (χ1v) is 8.71. The molecule has 5 rings (SSSR count). The molecule has 0 aromatic heterocycles. The van der Waals surface area contributed by atoms with Crippen LogP contribution < -0.4 is 66.0 Å². The van der Waals surface area contributed by atoms with E-state index in [1.54, 1.807) is 12.1 Å². The molecule has 4 aliphatic rings. The summed E-state index contributed by atoms with van der Waals surface area (Å²) in [5, 5.41) is 22.6. The van der Waals surface area contributed by atoms with Gasteiger partial charge < -0.3 is 24.6 Å². The maximum absolute atomic E-state index is 12.4. The summed E-state index contributed by atoms with van der Waals surface area (Å²) in [6.45, 7) is 0.0595. The third-order valence-corrected chi connectivity index (χ3v) is 5.48. The third-order valence-electron chi connectivity index (χ3n) is 4.46. The number of hydrogen-bond donors (Lipinski definition) is 2. The first-order valence-electron chi connectivity index (χ1n) is 7.21. The summed E-state index contributed by atoms with van der Waals surface area (Å²) in [4.78, 5) is 13.6. The standard InChI is InChI=1S/C14H12NO8P.K/c16-8-1-6-5-2-9-10(21-4-20-9)3-7(5)14(17)15-11(6)13-12(8)22-24(18,19)23-13;/h1-3,8,11-13,16H,4H2,(H,15,17)(H,18,19);/q;+1/p-1/t8-,11+,12+,13-;/m0./s1. The number of fused-ring (bicyclic) bond motifs is 6. The molecule has 1 unspecified atom stereocenters. The quantitative estimate of drug-likeness (QED) is 0.345. The number of benzene rings is 1. The van der Waals surface area contributed by atoms with Crippen LogP contribution in [0.3, 0.4) is 0 Å². The Morgan fingerprint density at radius 1 is 1.16 bits per heavy atom. The van der Waals surface area contributed by atoms with Gasteiger partial charge in [-0.05, 0) is 40.8 Å². The molecule has 0 radical (unpaired) electrons. The zero-order chi connectivity index (χ0) is 16.6. The number of ether oxygens (including phenoxy) is 2. The van der Waals surface area contributed by atoms with Crippen LogP contribution in [-0.2, 0) is 13.6 Å². The summed E-state index contributed by atoms with van der Waals surface area (Å²) in [5.74, 6) is 0.436. The average Bonchev–Trinajstić information content (AvgIpc) is 3.10. The predicted octanol–water partition coefficient (Wildman–Crippen LogP) is -3.45. The zero-order valence-corrected chi connectivity index (χ0v) is 17.0. The fourth-order valence-corrected chi connectivity index (χ4v) is 4.59. The molecule has 11 heteroatoms. The second kappa shape index (κ2) is 6.13. The molecule has 2 N–H and O–H groups in total. The predicted molar refractivity (Wildman–Crippen MR) is 76.4 cm³/mol. The van der Waals surface area contributed by atoms with Crippen LogP contribution in [0.2, 0.25) is 0 Å². The van der Waals surface area contributed by atoms with Crippen molar-refractivity contribution in [3.8, 4) is 11.5 Å². The fourth-order valence-electron chi connectivity index (χ4n) is 3.45. The van der Waals surface area contributed by atoms with E-state index in [1.807, 2.05) is 0 Å². The van der Waals surface area contributed by atoms with Gasteiger partial charge in [-0.3, -0.25) is 14.0 Å². The van der Waals surface area contributed by atoms with Crippen molar-refractivity contribution < 1.29 is 89.6 Å². The molecule has 0 spiro atoms. The third kappa shape index (κ3) is 2.76. The van der Waals surface area contributed by atoms with Crippen LogP contribution in [0.5, 0.6) is 11.5 Å². The van der Waals surface area contributed by atoms with Crippen molar-refractivity contribution >= 4 is 19.3 Å². The molecule has 126 valence electrons. The van der Waals surface area contributed by atoms with Gasteiger partial charge in [0.15, 0.2) is 11.5 Å². The van der Waals surface area contributed by atoms with Crippen molar-refractivity contribution in [2.24, 2.45) is 4.99 Å². The largest absolute Gasteiger partial charge is 1.00 e. The van der Waals surface area contributed by atoms with Crippen LogP contribution in [0.4, 0.5) is 0 Å². The van der Waals surface area contributed by atoms with E-state index < -0.39 is 38.1 Å². The van der Waals surface area contributed by atoms with Crippen molar-refractivity contribution in [2.75, 3.05) is 6.79 Å². The Morgan fingerprint density at radius 3 is 2.52 bits per heavy atom. The van der Waals surface area contributed by atoms with Crippen LogP contribution in [-0.4, -0.2) is 47.0 Å². The van der Waals surface area contributed by atoms with Crippen LogP contribution in [0, 0.1) is 0 Å². The molecule has 3 heterocycles. The summed E-state index contributed by atoms with van der Waals surface area (Å²) in [6.07, 6.45) is -1.76. The van der Waals surface area contributed by atoms with Gasteiger partial charge in [0.05, 0.1) is 0 Å². The molecular formula is C14H11KNO8P. The Hall–Kier alpha value is -0.264. The van der Waals surface area contributed by atoms with E-state index in [9.17, 15) is 19.7 Å². The summed E-state index contributed by atoms with van der Waals surface area (Å²) in [7, 11) is -4.28. The van der Waals surface area contributed by atoms with Gasteiger partial charge in [0, 0.05) is 0 Å². The zero-order valence-electron chi connectivity index (χ0n) is 13.0. The Balaban J connectivity index is 0.00000157. The molecular weight excluding hydrogens is 380 g/mol. The first kappa shape index (κ1) is 18.1. The average molecular weight is 391 g/mol. The molecule has 0 amide bonds. The summed E-state index contributed by atoms with van der Waals surface area (Å²) in [5.41, 5.74) is 1.38. The first-order chi connectivity index (χ1) is 11.4. The smallest absolute Gasteiger partial charge is 0.858 e. The topological polar surface area (TPSA) is 130 Å². The van der Waals surface area contributed by atoms with E-state index in [-0.39, 0.29) is 58.2 Å². The number of phosphoric ester groups is 1. The maximum atomic E-state index is 12.4. The molecule has 1 fully saturated rings. The van der Waals surface area contributed by atoms with Crippen molar-refractivity contribution in [2.45, 2.75) is 24.4 Å². The molecule has 1 aliphatic carbocycles. The molecule has 1 aromatic carbocycles. The number of hydrogen-bond acceptors (Lipinski definition) is 8. The molecule has 1 aromatic rings. The molecule has 9 nitrogen and oxygen atoms in total. The monoisotopic (exact) mass is 391 g/mol. The van der Waals surface area contributed by atoms with Gasteiger partial charge in [-0.1, -0.05) is 0 Å². The minimum atomic E-state index is -4.28. The fraction of sp³-hybridized carbons (Fsp3) is 0.357. The summed E-state index contributed by atoms with van der Waals surface area (Å²) < 4.78 is 32.2. The number of aliphatic hydroxyl groups excluding tert-OH is 1. The van der Waals surface area contributed by atoms with Gasteiger partial charge in [0.25, 0.3) is 0 Å². The molecule has 3 aliphatic heterocycles. The minimum absolute atomic E-state index is 0. The Labute approximate surface area is 184 Å². The Bertz CT molecular complexity index is 871. The van der Waals surface area contributed by atoms with Crippen LogP contribution >= 0.6 is 7.82 Å². The van der Waals surface area contributed by atoms with Gasteiger partial charge >= 0.3 is 59.2 Å².